The summed E-state index contributed by atoms with van der Waals surface area (Å²) in [5.41, 5.74) is 1.63. The number of rotatable bonds is 2. The van der Waals surface area contributed by atoms with Crippen LogP contribution in [0.2, 0.25) is 5.02 Å². The van der Waals surface area contributed by atoms with Crippen molar-refractivity contribution in [2.24, 2.45) is 5.11 Å². The summed E-state index contributed by atoms with van der Waals surface area (Å²) in [5.74, 6) is -0.0403. The molecule has 3 rings (SSSR count). The molecular formula is C15H14ClN2O+. The van der Waals surface area contributed by atoms with Gasteiger partial charge in [0.15, 0.2) is 0 Å². The van der Waals surface area contributed by atoms with Crippen molar-refractivity contribution < 1.29 is 9.49 Å². The number of carbonyl (C=O) groups is 1. The molecule has 1 atom stereocenters. The van der Waals surface area contributed by atoms with Crippen molar-refractivity contribution >= 4 is 23.2 Å². The number of nitrogens with zero attached hydrogens (tertiary/aromatic N) is 2. The van der Waals surface area contributed by atoms with Gasteiger partial charge in [-0.25, -0.2) is 4.79 Å². The highest BCUT2D eigenvalue weighted by Gasteiger charge is 2.34. The Kier molecular flexibility index (Phi) is 3.30. The summed E-state index contributed by atoms with van der Waals surface area (Å²) in [7, 11) is 0. The second-order valence-electron chi connectivity index (χ2n) is 4.75. The van der Waals surface area contributed by atoms with Crippen LogP contribution in [0, 0.1) is 0 Å². The van der Waals surface area contributed by atoms with E-state index in [4.69, 9.17) is 11.6 Å². The number of halogens is 1. The van der Waals surface area contributed by atoms with Crippen LogP contribution in [-0.2, 0) is 4.79 Å². The zero-order chi connectivity index (χ0) is 13.2. The SMILES string of the molecule is O=C1C=C(c2ccc(Cl)cc2)N=[N+]1C1C=CCCC1. The van der Waals surface area contributed by atoms with Crippen LogP contribution in [0.15, 0.2) is 47.6 Å². The molecule has 1 unspecified atom stereocenters. The molecule has 0 fully saturated rings. The van der Waals surface area contributed by atoms with Crippen LogP contribution in [0.25, 0.3) is 5.70 Å². The van der Waals surface area contributed by atoms with Crippen molar-refractivity contribution in [1.82, 2.24) is 0 Å². The highest BCUT2D eigenvalue weighted by atomic mass is 35.5. The van der Waals surface area contributed by atoms with E-state index in [-0.39, 0.29) is 11.9 Å². The van der Waals surface area contributed by atoms with E-state index >= 15 is 0 Å². The van der Waals surface area contributed by atoms with E-state index in [1.54, 1.807) is 22.9 Å². The predicted molar refractivity (Wildman–Crippen MR) is 73.9 cm³/mol. The molecule has 0 radical (unpaired) electrons. The molecule has 0 saturated heterocycles. The van der Waals surface area contributed by atoms with Gasteiger partial charge in [0, 0.05) is 22.1 Å². The molecule has 3 nitrogen and oxygen atoms in total. The minimum atomic E-state index is -0.0403. The van der Waals surface area contributed by atoms with E-state index in [1.807, 2.05) is 12.1 Å². The fourth-order valence-corrected chi connectivity index (χ4v) is 2.50. The Hall–Kier alpha value is -1.74. The Bertz CT molecular complexity index is 599. The first kappa shape index (κ1) is 12.3. The lowest BCUT2D eigenvalue weighted by molar-refractivity contribution is -0.529. The van der Waals surface area contributed by atoms with Gasteiger partial charge in [-0.05, 0) is 35.7 Å². The molecular weight excluding hydrogens is 260 g/mol. The Labute approximate surface area is 116 Å². The second-order valence-corrected chi connectivity index (χ2v) is 5.18. The maximum Gasteiger partial charge on any atom is 0.439 e. The first-order valence-corrected chi connectivity index (χ1v) is 6.81. The lowest BCUT2D eigenvalue weighted by Gasteiger charge is -2.08. The largest absolute Gasteiger partial charge is 0.439 e. The summed E-state index contributed by atoms with van der Waals surface area (Å²) < 4.78 is 1.58. The highest BCUT2D eigenvalue weighted by molar-refractivity contribution is 6.30. The van der Waals surface area contributed by atoms with Gasteiger partial charge in [0.25, 0.3) is 0 Å². The first-order chi connectivity index (χ1) is 9.24. The van der Waals surface area contributed by atoms with Crippen LogP contribution in [0.5, 0.6) is 0 Å². The van der Waals surface area contributed by atoms with Crippen LogP contribution < -0.4 is 0 Å². The number of hydrogen-bond acceptors (Lipinski definition) is 2. The number of carbonyl (C=O) groups excluding carboxylic acids is 1. The molecule has 0 saturated carbocycles. The molecule has 19 heavy (non-hydrogen) atoms. The van der Waals surface area contributed by atoms with Gasteiger partial charge >= 0.3 is 5.91 Å². The smallest absolute Gasteiger partial charge is 0.212 e. The van der Waals surface area contributed by atoms with Crippen molar-refractivity contribution in [1.29, 1.82) is 0 Å². The Morgan fingerprint density at radius 2 is 2.05 bits per heavy atom. The summed E-state index contributed by atoms with van der Waals surface area (Å²) in [6, 6.07) is 7.47. The van der Waals surface area contributed by atoms with Crippen LogP contribution in [-0.4, -0.2) is 16.6 Å². The van der Waals surface area contributed by atoms with Crippen LogP contribution in [0.4, 0.5) is 0 Å². The molecule has 1 amide bonds. The van der Waals surface area contributed by atoms with Gasteiger partial charge in [0.1, 0.15) is 5.70 Å². The summed E-state index contributed by atoms with van der Waals surface area (Å²) in [4.78, 5) is 12.0. The Morgan fingerprint density at radius 3 is 2.74 bits per heavy atom. The van der Waals surface area contributed by atoms with E-state index in [0.717, 1.165) is 24.8 Å². The van der Waals surface area contributed by atoms with Gasteiger partial charge < -0.3 is 0 Å². The highest BCUT2D eigenvalue weighted by Crippen LogP contribution is 2.25. The molecule has 4 heteroatoms. The molecule has 1 aliphatic carbocycles. The molecule has 2 aliphatic rings. The molecule has 0 bridgehead atoms. The second kappa shape index (κ2) is 5.10. The fourth-order valence-electron chi connectivity index (χ4n) is 2.37. The molecule has 0 spiro atoms. The van der Waals surface area contributed by atoms with Crippen LogP contribution in [0.1, 0.15) is 24.8 Å². The monoisotopic (exact) mass is 273 g/mol. The maximum absolute atomic E-state index is 12.0. The van der Waals surface area contributed by atoms with E-state index in [9.17, 15) is 4.79 Å². The average Bonchev–Trinajstić information content (AvgIpc) is 2.83. The maximum atomic E-state index is 12.0. The molecule has 1 heterocycles. The number of benzene rings is 1. The molecule has 0 N–H and O–H groups in total. The van der Waals surface area contributed by atoms with E-state index in [1.165, 1.54) is 0 Å². The van der Waals surface area contributed by atoms with Gasteiger partial charge in [-0.2, -0.15) is 0 Å². The zero-order valence-corrected chi connectivity index (χ0v) is 11.2. The Morgan fingerprint density at radius 1 is 1.26 bits per heavy atom. The van der Waals surface area contributed by atoms with Gasteiger partial charge in [-0.1, -0.05) is 29.8 Å². The van der Waals surface area contributed by atoms with Crippen molar-refractivity contribution in [2.75, 3.05) is 0 Å². The summed E-state index contributed by atoms with van der Waals surface area (Å²) >= 11 is 5.86. The molecule has 1 aliphatic heterocycles. The quantitative estimate of drug-likeness (QED) is 0.596. The minimum Gasteiger partial charge on any atom is -0.212 e. The van der Waals surface area contributed by atoms with Crippen molar-refractivity contribution in [2.45, 2.75) is 25.3 Å². The topological polar surface area (TPSA) is 32.4 Å². The van der Waals surface area contributed by atoms with Gasteiger partial charge in [0.2, 0.25) is 6.04 Å². The summed E-state index contributed by atoms with van der Waals surface area (Å²) in [5, 5.41) is 5.12. The van der Waals surface area contributed by atoms with Gasteiger partial charge in [-0.3, -0.25) is 0 Å². The summed E-state index contributed by atoms with van der Waals surface area (Å²) in [6.45, 7) is 0. The third kappa shape index (κ3) is 2.51. The van der Waals surface area contributed by atoms with E-state index in [2.05, 4.69) is 17.3 Å². The molecule has 1 aromatic carbocycles. The molecule has 1 aromatic rings. The number of hydrogen-bond donors (Lipinski definition) is 0. The zero-order valence-electron chi connectivity index (χ0n) is 10.4. The average molecular weight is 274 g/mol. The van der Waals surface area contributed by atoms with Crippen molar-refractivity contribution in [3.8, 4) is 0 Å². The minimum absolute atomic E-state index is 0.0403. The van der Waals surface area contributed by atoms with Crippen LogP contribution >= 0.6 is 11.6 Å². The molecule has 96 valence electrons. The first-order valence-electron chi connectivity index (χ1n) is 6.43. The number of amides is 1. The van der Waals surface area contributed by atoms with Gasteiger partial charge in [-0.15, -0.1) is 0 Å². The summed E-state index contributed by atoms with van der Waals surface area (Å²) in [6.07, 6.45) is 8.96. The normalized spacial score (nSPS) is 22.4. The third-order valence-corrected chi connectivity index (χ3v) is 3.64. The van der Waals surface area contributed by atoms with Crippen molar-refractivity contribution in [3.63, 3.8) is 0 Å². The lowest BCUT2D eigenvalue weighted by atomic mass is 10.0. The van der Waals surface area contributed by atoms with E-state index < -0.39 is 0 Å². The number of allylic oxidation sites excluding steroid dienone is 1. The predicted octanol–water partition coefficient (Wildman–Crippen LogP) is 3.79. The number of azo groups is 2. The Balaban J connectivity index is 1.88. The third-order valence-electron chi connectivity index (χ3n) is 3.38. The fraction of sp³-hybridized carbons (Fsp3) is 0.267. The molecule has 0 aromatic heterocycles. The van der Waals surface area contributed by atoms with Crippen molar-refractivity contribution in [3.05, 3.63) is 53.1 Å². The van der Waals surface area contributed by atoms with E-state index in [0.29, 0.717) is 10.7 Å². The van der Waals surface area contributed by atoms with Gasteiger partial charge in [0.05, 0.1) is 6.08 Å². The standard InChI is InChI=1S/C15H14ClN2O/c16-12-8-6-11(7-9-12)14-10-15(19)18(17-14)13-4-2-1-3-5-13/h2,4,6-10,13H,1,3,5H2/q+1. The lowest BCUT2D eigenvalue weighted by Crippen LogP contribution is -2.27. The van der Waals surface area contributed by atoms with Crippen LogP contribution in [0.3, 0.4) is 0 Å².